The van der Waals surface area contributed by atoms with Crippen molar-refractivity contribution in [2.24, 2.45) is 0 Å². The smallest absolute Gasteiger partial charge is 0.410 e. The van der Waals surface area contributed by atoms with Crippen molar-refractivity contribution in [2.45, 2.75) is 51.5 Å². The number of hydrogen-bond donors (Lipinski definition) is 1. The molecule has 1 aromatic carbocycles. The van der Waals surface area contributed by atoms with Gasteiger partial charge in [-0.2, -0.15) is 0 Å². The van der Waals surface area contributed by atoms with Crippen LogP contribution in [-0.2, 0) is 17.7 Å². The lowest BCUT2D eigenvalue weighted by atomic mass is 9.98. The molecule has 0 aliphatic carbocycles. The Hall–Kier alpha value is -1.59. The van der Waals surface area contributed by atoms with Gasteiger partial charge in [0.15, 0.2) is 0 Å². The maximum absolute atomic E-state index is 12.2. The average molecular weight is 318 g/mol. The van der Waals surface area contributed by atoms with E-state index in [1.54, 1.807) is 4.90 Å². The molecule has 23 heavy (non-hydrogen) atoms. The molecule has 1 aromatic rings. The topological polar surface area (TPSA) is 53.0 Å². The van der Waals surface area contributed by atoms with Crippen molar-refractivity contribution in [1.82, 2.24) is 9.80 Å². The van der Waals surface area contributed by atoms with Crippen molar-refractivity contribution in [1.29, 1.82) is 0 Å². The van der Waals surface area contributed by atoms with Gasteiger partial charge in [0.05, 0.1) is 18.7 Å². The summed E-state index contributed by atoms with van der Waals surface area (Å²) >= 11 is 0. The van der Waals surface area contributed by atoms with Crippen LogP contribution in [0.4, 0.5) is 4.79 Å². The molecule has 1 N–H and O–H groups in total. The number of carbonyl (C=O) groups is 1. The highest BCUT2D eigenvalue weighted by Crippen LogP contribution is 2.25. The molecule has 1 saturated heterocycles. The first-order valence-electron chi connectivity index (χ1n) is 8.30. The highest BCUT2D eigenvalue weighted by molar-refractivity contribution is 5.68. The molecule has 0 spiro atoms. The van der Waals surface area contributed by atoms with Gasteiger partial charge in [0.2, 0.25) is 0 Å². The molecule has 3 rings (SSSR count). The number of nitrogens with zero attached hydrogens (tertiary/aromatic N) is 2. The number of likely N-dealkylation sites (tertiary alicyclic amines) is 1. The summed E-state index contributed by atoms with van der Waals surface area (Å²) in [6.07, 6.45) is 0.135. The molecule has 0 saturated carbocycles. The Morgan fingerprint density at radius 1 is 1.22 bits per heavy atom. The molecule has 2 aliphatic rings. The monoisotopic (exact) mass is 318 g/mol. The Morgan fingerprint density at radius 2 is 1.91 bits per heavy atom. The quantitative estimate of drug-likeness (QED) is 0.861. The maximum atomic E-state index is 12.2. The zero-order valence-electron chi connectivity index (χ0n) is 14.2. The average Bonchev–Trinajstić information content (AvgIpc) is 2.87. The lowest BCUT2D eigenvalue weighted by Gasteiger charge is -2.34. The second-order valence-electron chi connectivity index (χ2n) is 7.51. The van der Waals surface area contributed by atoms with Gasteiger partial charge in [-0.1, -0.05) is 24.3 Å². The van der Waals surface area contributed by atoms with Gasteiger partial charge >= 0.3 is 6.09 Å². The molecule has 0 radical (unpaired) electrons. The molecule has 1 fully saturated rings. The fourth-order valence-corrected chi connectivity index (χ4v) is 3.40. The van der Waals surface area contributed by atoms with Crippen molar-refractivity contribution in [3.8, 4) is 0 Å². The third-order valence-corrected chi connectivity index (χ3v) is 4.54. The van der Waals surface area contributed by atoms with E-state index in [1.165, 1.54) is 11.1 Å². The van der Waals surface area contributed by atoms with Crippen LogP contribution < -0.4 is 0 Å². The number of β-amino-alcohol motifs (C(OH)–C–C–N with tert-alkyl or cyclic N) is 1. The molecule has 2 atom stereocenters. The zero-order valence-corrected chi connectivity index (χ0v) is 14.2. The van der Waals surface area contributed by atoms with Gasteiger partial charge in [-0.05, 0) is 38.3 Å². The van der Waals surface area contributed by atoms with E-state index in [4.69, 9.17) is 4.74 Å². The summed E-state index contributed by atoms with van der Waals surface area (Å²) in [5.41, 5.74) is 2.20. The normalized spacial score (nSPS) is 25.3. The molecule has 1 unspecified atom stereocenters. The molecular weight excluding hydrogens is 292 g/mol. The summed E-state index contributed by atoms with van der Waals surface area (Å²) in [5, 5.41) is 10.4. The van der Waals surface area contributed by atoms with Crippen LogP contribution in [0.3, 0.4) is 0 Å². The highest BCUT2D eigenvalue weighted by atomic mass is 16.6. The van der Waals surface area contributed by atoms with Gasteiger partial charge in [-0.25, -0.2) is 4.79 Å². The van der Waals surface area contributed by atoms with Gasteiger partial charge < -0.3 is 14.7 Å². The van der Waals surface area contributed by atoms with Crippen molar-refractivity contribution < 1.29 is 14.6 Å². The van der Waals surface area contributed by atoms with Gasteiger partial charge in [-0.15, -0.1) is 0 Å². The molecule has 1 amide bonds. The summed E-state index contributed by atoms with van der Waals surface area (Å²) in [6.45, 7) is 8.19. The van der Waals surface area contributed by atoms with Crippen LogP contribution in [0.15, 0.2) is 24.3 Å². The van der Waals surface area contributed by atoms with Gasteiger partial charge in [-0.3, -0.25) is 4.90 Å². The maximum Gasteiger partial charge on any atom is 0.410 e. The molecular formula is C18H26N2O3. The van der Waals surface area contributed by atoms with Crippen molar-refractivity contribution >= 4 is 6.09 Å². The van der Waals surface area contributed by atoms with E-state index in [0.29, 0.717) is 13.1 Å². The fourth-order valence-electron chi connectivity index (χ4n) is 3.40. The summed E-state index contributed by atoms with van der Waals surface area (Å²) in [7, 11) is 0. The number of fused-ring (bicyclic) bond motifs is 1. The molecule has 5 heteroatoms. The SMILES string of the molecule is CC(C)(C)OC(=O)N1CC(N2CCc3ccccc3C2)[C@@H](O)C1. The first-order chi connectivity index (χ1) is 10.8. The van der Waals surface area contributed by atoms with Crippen molar-refractivity contribution in [2.75, 3.05) is 19.6 Å². The van der Waals surface area contributed by atoms with E-state index < -0.39 is 11.7 Å². The number of amides is 1. The third kappa shape index (κ3) is 3.67. The number of hydrogen-bond acceptors (Lipinski definition) is 4. The van der Waals surface area contributed by atoms with E-state index in [-0.39, 0.29) is 12.1 Å². The van der Waals surface area contributed by atoms with Crippen LogP contribution >= 0.6 is 0 Å². The van der Waals surface area contributed by atoms with Crippen LogP contribution in [0.5, 0.6) is 0 Å². The molecule has 5 nitrogen and oxygen atoms in total. The number of rotatable bonds is 1. The van der Waals surface area contributed by atoms with Crippen LogP contribution in [0.1, 0.15) is 31.9 Å². The molecule has 2 heterocycles. The van der Waals surface area contributed by atoms with Crippen molar-refractivity contribution in [3.05, 3.63) is 35.4 Å². The molecule has 126 valence electrons. The number of carbonyl (C=O) groups excluding carboxylic acids is 1. The van der Waals surface area contributed by atoms with E-state index >= 15 is 0 Å². The Labute approximate surface area is 137 Å². The van der Waals surface area contributed by atoms with Gasteiger partial charge in [0.1, 0.15) is 5.60 Å². The zero-order chi connectivity index (χ0) is 16.6. The standard InChI is InChI=1S/C18H26N2O3/c1-18(2,3)23-17(22)20-11-15(16(21)12-20)19-9-8-13-6-4-5-7-14(13)10-19/h4-7,15-16,21H,8-12H2,1-3H3/t15?,16-/m0/s1. The number of ether oxygens (including phenoxy) is 1. The fraction of sp³-hybridized carbons (Fsp3) is 0.611. The second-order valence-corrected chi connectivity index (χ2v) is 7.51. The van der Waals surface area contributed by atoms with E-state index in [0.717, 1.165) is 19.5 Å². The van der Waals surface area contributed by atoms with Gasteiger partial charge in [0, 0.05) is 19.6 Å². The minimum absolute atomic E-state index is 0.0177. The summed E-state index contributed by atoms with van der Waals surface area (Å²) in [6, 6.07) is 8.43. The first-order valence-corrected chi connectivity index (χ1v) is 8.30. The summed E-state index contributed by atoms with van der Waals surface area (Å²) in [5.74, 6) is 0. The number of aliphatic hydroxyl groups excluding tert-OH is 1. The lowest BCUT2D eigenvalue weighted by Crippen LogP contribution is -2.46. The number of aliphatic hydroxyl groups is 1. The predicted molar refractivity (Wildman–Crippen MR) is 88.2 cm³/mol. The number of benzene rings is 1. The van der Waals surface area contributed by atoms with Crippen LogP contribution in [0.25, 0.3) is 0 Å². The Kier molecular flexibility index (Phi) is 4.34. The first kappa shape index (κ1) is 16.3. The Bertz CT molecular complexity index is 582. The van der Waals surface area contributed by atoms with Gasteiger partial charge in [0.25, 0.3) is 0 Å². The summed E-state index contributed by atoms with van der Waals surface area (Å²) in [4.78, 5) is 16.1. The van der Waals surface area contributed by atoms with Crippen LogP contribution in [0, 0.1) is 0 Å². The lowest BCUT2D eigenvalue weighted by molar-refractivity contribution is 0.0269. The second kappa shape index (κ2) is 6.13. The molecule has 0 bridgehead atoms. The van der Waals surface area contributed by atoms with Crippen LogP contribution in [-0.4, -0.2) is 58.4 Å². The van der Waals surface area contributed by atoms with E-state index in [2.05, 4.69) is 29.2 Å². The summed E-state index contributed by atoms with van der Waals surface area (Å²) < 4.78 is 5.42. The van der Waals surface area contributed by atoms with E-state index in [1.807, 2.05) is 20.8 Å². The molecule has 0 aromatic heterocycles. The van der Waals surface area contributed by atoms with Crippen LogP contribution in [0.2, 0.25) is 0 Å². The predicted octanol–water partition coefficient (Wildman–Crippen LogP) is 2.02. The van der Waals surface area contributed by atoms with Crippen molar-refractivity contribution in [3.63, 3.8) is 0 Å². The molecule has 2 aliphatic heterocycles. The minimum Gasteiger partial charge on any atom is -0.444 e. The Balaban J connectivity index is 1.65. The minimum atomic E-state index is -0.521. The van der Waals surface area contributed by atoms with E-state index in [9.17, 15) is 9.90 Å². The highest BCUT2D eigenvalue weighted by Gasteiger charge is 2.39. The Morgan fingerprint density at radius 3 is 2.61 bits per heavy atom. The largest absolute Gasteiger partial charge is 0.444 e. The third-order valence-electron chi connectivity index (χ3n) is 4.54.